The second-order valence-corrected chi connectivity index (χ2v) is 6.89. The van der Waals surface area contributed by atoms with Gasteiger partial charge in [-0.25, -0.2) is 13.4 Å². The zero-order valence-electron chi connectivity index (χ0n) is 9.40. The molecule has 2 heterocycles. The zero-order valence-corrected chi connectivity index (χ0v) is 11.0. The van der Waals surface area contributed by atoms with E-state index < -0.39 is 9.84 Å². The molecule has 0 saturated carbocycles. The fourth-order valence-corrected chi connectivity index (χ4v) is 2.57. The molecule has 0 aromatic carbocycles. The Morgan fingerprint density at radius 3 is 3.06 bits per heavy atom. The fourth-order valence-electron chi connectivity index (χ4n) is 1.70. The quantitative estimate of drug-likeness (QED) is 0.872. The van der Waals surface area contributed by atoms with E-state index in [9.17, 15) is 8.42 Å². The molecule has 1 aliphatic rings. The Bertz CT molecular complexity index is 518. The molecule has 1 aliphatic heterocycles. The van der Waals surface area contributed by atoms with E-state index >= 15 is 0 Å². The van der Waals surface area contributed by atoms with Gasteiger partial charge in [-0.1, -0.05) is 11.6 Å². The summed E-state index contributed by atoms with van der Waals surface area (Å²) in [6.07, 6.45) is 3.37. The summed E-state index contributed by atoms with van der Waals surface area (Å²) in [5, 5.41) is 6.96. The third-order valence-corrected chi connectivity index (χ3v) is 3.76. The van der Waals surface area contributed by atoms with Crippen molar-refractivity contribution in [1.82, 2.24) is 4.98 Å². The van der Waals surface area contributed by atoms with Gasteiger partial charge in [-0.05, 0) is 12.5 Å². The number of pyridine rings is 1. The van der Waals surface area contributed by atoms with Crippen LogP contribution < -0.4 is 10.6 Å². The summed E-state index contributed by atoms with van der Waals surface area (Å²) in [6, 6.07) is 1.87. The van der Waals surface area contributed by atoms with Gasteiger partial charge in [0, 0.05) is 25.0 Å². The summed E-state index contributed by atoms with van der Waals surface area (Å²) in [4.78, 5) is 4.16. The van der Waals surface area contributed by atoms with Gasteiger partial charge in [-0.3, -0.25) is 0 Å². The summed E-state index contributed by atoms with van der Waals surface area (Å²) >= 11 is 5.82. The summed E-state index contributed by atoms with van der Waals surface area (Å²) in [5.41, 5.74) is 0.855. The first-order valence-electron chi connectivity index (χ1n) is 5.28. The van der Waals surface area contributed by atoms with E-state index in [1.54, 1.807) is 12.3 Å². The van der Waals surface area contributed by atoms with E-state index in [1.807, 2.05) is 0 Å². The smallest absolute Gasteiger partial charge is 0.149 e. The molecule has 0 radical (unpaired) electrons. The van der Waals surface area contributed by atoms with Gasteiger partial charge in [0.1, 0.15) is 15.7 Å². The summed E-state index contributed by atoms with van der Waals surface area (Å²) < 4.78 is 22.2. The minimum absolute atomic E-state index is 0.0749. The minimum atomic E-state index is -2.92. The number of fused-ring (bicyclic) bond motifs is 1. The highest BCUT2D eigenvalue weighted by molar-refractivity contribution is 7.90. The molecule has 0 aliphatic carbocycles. The third kappa shape index (κ3) is 3.47. The van der Waals surface area contributed by atoms with Gasteiger partial charge in [0.15, 0.2) is 0 Å². The van der Waals surface area contributed by atoms with Crippen molar-refractivity contribution in [2.75, 3.05) is 29.2 Å². The van der Waals surface area contributed by atoms with Crippen molar-refractivity contribution < 1.29 is 8.42 Å². The van der Waals surface area contributed by atoms with Crippen LogP contribution in [0.5, 0.6) is 0 Å². The molecule has 5 nitrogen and oxygen atoms in total. The first-order chi connectivity index (χ1) is 7.94. The van der Waals surface area contributed by atoms with Gasteiger partial charge in [0.2, 0.25) is 0 Å². The van der Waals surface area contributed by atoms with Gasteiger partial charge in [-0.2, -0.15) is 0 Å². The van der Waals surface area contributed by atoms with E-state index in [4.69, 9.17) is 11.6 Å². The van der Waals surface area contributed by atoms with Crippen LogP contribution in [0.2, 0.25) is 5.02 Å². The minimum Gasteiger partial charge on any atom is -0.380 e. The fraction of sp³-hybridized carbons (Fsp3) is 0.500. The van der Waals surface area contributed by atoms with Crippen molar-refractivity contribution in [3.63, 3.8) is 0 Å². The molecule has 1 atom stereocenters. The Kier molecular flexibility index (Phi) is 3.44. The van der Waals surface area contributed by atoms with Gasteiger partial charge in [0.25, 0.3) is 0 Å². The molecule has 0 bridgehead atoms. The van der Waals surface area contributed by atoms with Gasteiger partial charge in [-0.15, -0.1) is 0 Å². The number of sulfone groups is 1. The number of nitrogens with zero attached hydrogens (tertiary/aromatic N) is 1. The third-order valence-electron chi connectivity index (χ3n) is 2.57. The predicted molar refractivity (Wildman–Crippen MR) is 69.5 cm³/mol. The van der Waals surface area contributed by atoms with Gasteiger partial charge in [0.05, 0.1) is 16.5 Å². The van der Waals surface area contributed by atoms with Crippen LogP contribution >= 0.6 is 11.6 Å². The van der Waals surface area contributed by atoms with Gasteiger partial charge >= 0.3 is 0 Å². The molecule has 0 saturated heterocycles. The average molecular weight is 276 g/mol. The number of rotatable bonds is 3. The van der Waals surface area contributed by atoms with Crippen LogP contribution in [0.1, 0.15) is 6.42 Å². The molecule has 94 valence electrons. The normalized spacial score (nSPS) is 19.1. The Labute approximate surface area is 105 Å². The Morgan fingerprint density at radius 1 is 1.59 bits per heavy atom. The number of anilines is 2. The number of halogens is 1. The molecule has 1 aromatic heterocycles. The van der Waals surface area contributed by atoms with Crippen LogP contribution in [-0.4, -0.2) is 38.0 Å². The zero-order chi connectivity index (χ0) is 12.5. The number of hydrogen-bond acceptors (Lipinski definition) is 5. The first-order valence-corrected chi connectivity index (χ1v) is 7.71. The molecule has 2 N–H and O–H groups in total. The number of hydrogen-bond donors (Lipinski definition) is 2. The highest BCUT2D eigenvalue weighted by Gasteiger charge is 2.19. The van der Waals surface area contributed by atoms with Crippen molar-refractivity contribution >= 4 is 32.9 Å². The van der Waals surface area contributed by atoms with E-state index in [-0.39, 0.29) is 11.8 Å². The maximum absolute atomic E-state index is 11.1. The second kappa shape index (κ2) is 4.70. The molecule has 0 fully saturated rings. The van der Waals surface area contributed by atoms with Crippen LogP contribution in [0.4, 0.5) is 11.5 Å². The lowest BCUT2D eigenvalue weighted by atomic mass is 10.1. The summed E-state index contributed by atoms with van der Waals surface area (Å²) in [7, 11) is -2.92. The molecule has 2 rings (SSSR count). The predicted octanol–water partition coefficient (Wildman–Crippen LogP) is 1.38. The summed E-state index contributed by atoms with van der Waals surface area (Å²) in [6.45, 7) is 0.671. The van der Waals surface area contributed by atoms with Crippen LogP contribution in [-0.2, 0) is 9.84 Å². The average Bonchev–Trinajstić information content (AvgIpc) is 2.25. The van der Waals surface area contributed by atoms with Crippen molar-refractivity contribution in [2.24, 2.45) is 0 Å². The Morgan fingerprint density at radius 2 is 2.35 bits per heavy atom. The van der Waals surface area contributed by atoms with Crippen molar-refractivity contribution in [1.29, 1.82) is 0 Å². The lowest BCUT2D eigenvalue weighted by Crippen LogP contribution is -2.35. The maximum atomic E-state index is 11.1. The summed E-state index contributed by atoms with van der Waals surface area (Å²) in [5.74, 6) is 0.897. The highest BCUT2D eigenvalue weighted by atomic mass is 35.5. The molecule has 1 unspecified atom stereocenters. The van der Waals surface area contributed by atoms with Crippen LogP contribution in [0.25, 0.3) is 0 Å². The molecule has 17 heavy (non-hydrogen) atoms. The largest absolute Gasteiger partial charge is 0.380 e. The molecule has 0 amide bonds. The Hall–Kier alpha value is -1.01. The van der Waals surface area contributed by atoms with Crippen LogP contribution in [0, 0.1) is 0 Å². The number of aromatic nitrogens is 1. The lowest BCUT2D eigenvalue weighted by molar-refractivity contribution is 0.593. The van der Waals surface area contributed by atoms with Crippen molar-refractivity contribution in [3.8, 4) is 0 Å². The van der Waals surface area contributed by atoms with Crippen LogP contribution in [0.3, 0.4) is 0 Å². The second-order valence-electron chi connectivity index (χ2n) is 4.19. The number of nitrogens with one attached hydrogen (secondary N) is 2. The highest BCUT2D eigenvalue weighted by Crippen LogP contribution is 2.27. The lowest BCUT2D eigenvalue weighted by Gasteiger charge is -2.27. The molecular weight excluding hydrogens is 262 g/mol. The van der Waals surface area contributed by atoms with Crippen LogP contribution in [0.15, 0.2) is 12.3 Å². The van der Waals surface area contributed by atoms with E-state index in [0.29, 0.717) is 18.0 Å². The van der Waals surface area contributed by atoms with Crippen molar-refractivity contribution in [3.05, 3.63) is 17.3 Å². The van der Waals surface area contributed by atoms with Gasteiger partial charge < -0.3 is 10.6 Å². The monoisotopic (exact) mass is 275 g/mol. The van der Waals surface area contributed by atoms with Crippen molar-refractivity contribution in [2.45, 2.75) is 12.5 Å². The first kappa shape index (κ1) is 12.4. The van der Waals surface area contributed by atoms with E-state index in [2.05, 4.69) is 15.6 Å². The molecular formula is C10H14ClN3O2S. The Balaban J connectivity index is 2.01. The molecule has 7 heteroatoms. The molecule has 1 aromatic rings. The SMILES string of the molecule is CS(=O)(=O)CCC1CNc2cc(Cl)cnc2N1. The van der Waals surface area contributed by atoms with E-state index in [1.165, 1.54) is 6.26 Å². The standard InChI is InChI=1S/C10H14ClN3O2S/c1-17(15,16)3-2-8-6-12-9-4-7(11)5-13-10(9)14-8/h4-5,8,12H,2-3,6H2,1H3,(H,13,14). The molecule has 0 spiro atoms. The van der Waals surface area contributed by atoms with E-state index in [0.717, 1.165) is 11.5 Å². The maximum Gasteiger partial charge on any atom is 0.149 e. The topological polar surface area (TPSA) is 71.1 Å².